The molecule has 0 unspecified atom stereocenters. The fraction of sp³-hybridized carbons (Fsp3) is 0.158. The van der Waals surface area contributed by atoms with Crippen molar-refractivity contribution in [1.29, 1.82) is 0 Å². The quantitative estimate of drug-likeness (QED) is 0.375. The van der Waals surface area contributed by atoms with Crippen LogP contribution in [-0.4, -0.2) is 30.3 Å². The van der Waals surface area contributed by atoms with Crippen LogP contribution in [0.1, 0.15) is 0 Å². The Labute approximate surface area is 176 Å². The number of benzene rings is 2. The summed E-state index contributed by atoms with van der Waals surface area (Å²) in [6.07, 6.45) is -4.98. The van der Waals surface area contributed by atoms with E-state index in [2.05, 4.69) is 9.82 Å². The summed E-state index contributed by atoms with van der Waals surface area (Å²) in [6.45, 7) is -0.725. The molecule has 0 saturated carbocycles. The number of carbonyl (C=O) groups excluding carboxylic acids is 1. The van der Waals surface area contributed by atoms with Crippen LogP contribution in [0.2, 0.25) is 5.02 Å². The molecule has 2 aromatic carbocycles. The first-order valence-corrected chi connectivity index (χ1v) is 9.54. The van der Waals surface area contributed by atoms with Gasteiger partial charge in [-0.3, -0.25) is 0 Å². The average Bonchev–Trinajstić information content (AvgIpc) is 3.13. The van der Waals surface area contributed by atoms with E-state index in [1.54, 1.807) is 35.8 Å². The van der Waals surface area contributed by atoms with Crippen LogP contribution in [-0.2, 0) is 9.63 Å². The van der Waals surface area contributed by atoms with Crippen LogP contribution >= 0.6 is 22.9 Å². The van der Waals surface area contributed by atoms with E-state index in [1.807, 2.05) is 12.1 Å². The van der Waals surface area contributed by atoms with Gasteiger partial charge in [0.2, 0.25) is 0 Å². The Morgan fingerprint density at radius 2 is 1.93 bits per heavy atom. The van der Waals surface area contributed by atoms with Crippen LogP contribution in [0.5, 0.6) is 5.75 Å². The Kier molecular flexibility index (Phi) is 6.91. The van der Waals surface area contributed by atoms with Gasteiger partial charge in [-0.1, -0.05) is 11.6 Å². The summed E-state index contributed by atoms with van der Waals surface area (Å²) in [4.78, 5) is 18.9. The Balaban J connectivity index is 1.55. The zero-order valence-corrected chi connectivity index (χ0v) is 16.6. The number of ether oxygens (including phenoxy) is 1. The highest BCUT2D eigenvalue weighted by Gasteiger charge is 2.41. The second-order valence-electron chi connectivity index (χ2n) is 5.92. The molecule has 0 amide bonds. The molecule has 0 atom stereocenters. The van der Waals surface area contributed by atoms with Crippen molar-refractivity contribution in [2.24, 2.45) is 0 Å². The summed E-state index contributed by atoms with van der Waals surface area (Å²) in [6, 6.07) is 12.3. The maximum absolute atomic E-state index is 12.9. The Hall–Kier alpha value is -2.69. The van der Waals surface area contributed by atoms with Crippen LogP contribution in [0.15, 0.2) is 54.4 Å². The van der Waals surface area contributed by atoms with Crippen molar-refractivity contribution >= 4 is 39.1 Å². The van der Waals surface area contributed by atoms with Crippen molar-refractivity contribution in [3.63, 3.8) is 0 Å². The predicted octanol–water partition coefficient (Wildman–Crippen LogP) is 5.46. The van der Waals surface area contributed by atoms with Crippen molar-refractivity contribution in [2.75, 3.05) is 13.2 Å². The van der Waals surface area contributed by atoms with Crippen molar-refractivity contribution in [1.82, 2.24) is 10.5 Å². The maximum atomic E-state index is 12.9. The molecule has 0 radical (unpaired) electrons. The SMILES string of the molecule is O=C(ONCC(=CF)COc1ccc(-c2nc3ccc(Cl)cc3s2)cc1)C(F)(F)F. The normalized spacial score (nSPS) is 12.2. The van der Waals surface area contributed by atoms with Gasteiger partial charge in [-0.05, 0) is 42.5 Å². The molecule has 5 nitrogen and oxygen atoms in total. The van der Waals surface area contributed by atoms with Gasteiger partial charge < -0.3 is 9.57 Å². The van der Waals surface area contributed by atoms with Gasteiger partial charge >= 0.3 is 12.1 Å². The van der Waals surface area contributed by atoms with Crippen molar-refractivity contribution in [3.05, 3.63) is 59.4 Å². The summed E-state index contributed by atoms with van der Waals surface area (Å²) < 4.78 is 55.3. The third-order valence-corrected chi connectivity index (χ3v) is 5.03. The smallest absolute Gasteiger partial charge is 0.489 e. The van der Waals surface area contributed by atoms with Gasteiger partial charge in [-0.15, -0.1) is 16.8 Å². The van der Waals surface area contributed by atoms with Gasteiger partial charge in [0.1, 0.15) is 17.4 Å². The van der Waals surface area contributed by atoms with Crippen molar-refractivity contribution < 1.29 is 31.9 Å². The van der Waals surface area contributed by atoms with Crippen molar-refractivity contribution in [2.45, 2.75) is 6.18 Å². The Morgan fingerprint density at radius 1 is 1.20 bits per heavy atom. The molecular formula is C19H13ClF4N2O3S. The zero-order chi connectivity index (χ0) is 21.7. The standard InChI is InChI=1S/C19H13ClF4N2O3S/c20-13-3-6-15-16(7-13)30-17(26-15)12-1-4-14(5-2-12)28-10-11(8-21)9-25-29-18(27)19(22,23)24/h1-8,25H,9-10H2. The highest BCUT2D eigenvalue weighted by Crippen LogP contribution is 2.32. The highest BCUT2D eigenvalue weighted by atomic mass is 35.5. The number of nitrogens with zero attached hydrogens (tertiary/aromatic N) is 1. The minimum absolute atomic E-state index is 0.0582. The molecule has 0 aliphatic heterocycles. The van der Waals surface area contributed by atoms with Gasteiger partial charge in [-0.2, -0.15) is 13.2 Å². The molecule has 0 fully saturated rings. The minimum Gasteiger partial charge on any atom is -0.489 e. The van der Waals surface area contributed by atoms with Gasteiger partial charge in [0, 0.05) is 16.2 Å². The summed E-state index contributed by atoms with van der Waals surface area (Å²) in [7, 11) is 0. The first-order chi connectivity index (χ1) is 14.3. The van der Waals surface area contributed by atoms with E-state index in [1.165, 1.54) is 11.3 Å². The fourth-order valence-electron chi connectivity index (χ4n) is 2.26. The first kappa shape index (κ1) is 22.0. The summed E-state index contributed by atoms with van der Waals surface area (Å²) in [5.41, 5.74) is 3.37. The second-order valence-corrected chi connectivity index (χ2v) is 7.39. The van der Waals surface area contributed by atoms with E-state index in [9.17, 15) is 22.4 Å². The molecule has 0 aliphatic rings. The molecule has 0 bridgehead atoms. The van der Waals surface area contributed by atoms with E-state index in [-0.39, 0.29) is 18.5 Å². The predicted molar refractivity (Wildman–Crippen MR) is 105 cm³/mol. The minimum atomic E-state index is -5.14. The topological polar surface area (TPSA) is 60.5 Å². The van der Waals surface area contributed by atoms with E-state index in [0.717, 1.165) is 20.8 Å². The zero-order valence-electron chi connectivity index (χ0n) is 15.0. The lowest BCUT2D eigenvalue weighted by Crippen LogP contribution is -2.32. The molecule has 0 saturated heterocycles. The van der Waals surface area contributed by atoms with E-state index < -0.39 is 18.7 Å². The lowest BCUT2D eigenvalue weighted by atomic mass is 10.2. The van der Waals surface area contributed by atoms with Gasteiger partial charge in [-0.25, -0.2) is 14.2 Å². The largest absolute Gasteiger partial charge is 0.492 e. The number of thiazole rings is 1. The monoisotopic (exact) mass is 460 g/mol. The Morgan fingerprint density at radius 3 is 2.60 bits per heavy atom. The molecule has 1 heterocycles. The van der Waals surface area contributed by atoms with E-state index in [4.69, 9.17) is 16.3 Å². The Bertz CT molecular complexity index is 1070. The number of hydroxylamine groups is 1. The third-order valence-electron chi connectivity index (χ3n) is 3.73. The molecule has 1 aromatic heterocycles. The van der Waals surface area contributed by atoms with E-state index >= 15 is 0 Å². The van der Waals surface area contributed by atoms with Crippen molar-refractivity contribution in [3.8, 4) is 16.3 Å². The van der Waals surface area contributed by atoms with Crippen LogP contribution < -0.4 is 10.2 Å². The lowest BCUT2D eigenvalue weighted by Gasteiger charge is -2.11. The molecule has 11 heteroatoms. The molecule has 3 aromatic rings. The average molecular weight is 461 g/mol. The maximum Gasteiger partial charge on any atom is 0.492 e. The number of nitrogens with one attached hydrogen (secondary N) is 1. The molecule has 1 N–H and O–H groups in total. The number of halogens is 5. The summed E-state index contributed by atoms with van der Waals surface area (Å²) in [5.74, 6) is -2.01. The molecule has 158 valence electrons. The second kappa shape index (κ2) is 9.41. The summed E-state index contributed by atoms with van der Waals surface area (Å²) >= 11 is 7.47. The molecule has 3 rings (SSSR count). The fourth-order valence-corrected chi connectivity index (χ4v) is 3.51. The van der Waals surface area contributed by atoms with Crippen LogP contribution in [0.3, 0.4) is 0 Å². The number of carbonyl (C=O) groups is 1. The van der Waals surface area contributed by atoms with Gasteiger partial charge in [0.15, 0.2) is 0 Å². The number of hydrogen-bond acceptors (Lipinski definition) is 6. The summed E-state index contributed by atoms with van der Waals surface area (Å²) in [5, 5.41) is 1.42. The number of alkyl halides is 3. The van der Waals surface area contributed by atoms with Crippen LogP contribution in [0.25, 0.3) is 20.8 Å². The highest BCUT2D eigenvalue weighted by molar-refractivity contribution is 7.21. The number of aromatic nitrogens is 1. The van der Waals surface area contributed by atoms with Crippen LogP contribution in [0, 0.1) is 0 Å². The molecule has 0 spiro atoms. The molecule has 0 aliphatic carbocycles. The first-order valence-electron chi connectivity index (χ1n) is 8.34. The number of hydrogen-bond donors (Lipinski definition) is 1. The van der Waals surface area contributed by atoms with Crippen LogP contribution in [0.4, 0.5) is 17.6 Å². The molecule has 30 heavy (non-hydrogen) atoms. The van der Waals surface area contributed by atoms with Gasteiger partial charge in [0.25, 0.3) is 0 Å². The molecular weight excluding hydrogens is 448 g/mol. The van der Waals surface area contributed by atoms with E-state index in [0.29, 0.717) is 10.8 Å². The number of rotatable bonds is 7. The number of fused-ring (bicyclic) bond motifs is 1. The third kappa shape index (κ3) is 5.68. The van der Waals surface area contributed by atoms with Gasteiger partial charge in [0.05, 0.1) is 23.1 Å². The lowest BCUT2D eigenvalue weighted by molar-refractivity contribution is -0.206.